The molecule has 0 amide bonds. The lowest BCUT2D eigenvalue weighted by Crippen LogP contribution is -2.29. The SMILES string of the molecule is O=c1[nH]cc(S(=O)(=O)Nc2cccnc2Br)c(=O)[nH]1. The van der Waals surface area contributed by atoms with Gasteiger partial charge in [-0.25, -0.2) is 18.2 Å². The minimum atomic E-state index is -4.12. The third-order valence-electron chi connectivity index (χ3n) is 2.08. The molecule has 2 aromatic rings. The Hall–Kier alpha value is -1.94. The molecule has 0 saturated carbocycles. The molecule has 0 aliphatic rings. The van der Waals surface area contributed by atoms with Gasteiger partial charge in [0.1, 0.15) is 4.60 Å². The average molecular weight is 347 g/mol. The van der Waals surface area contributed by atoms with E-state index in [1.54, 1.807) is 0 Å². The lowest BCUT2D eigenvalue weighted by atomic mass is 10.4. The van der Waals surface area contributed by atoms with Gasteiger partial charge in [0.05, 0.1) is 5.69 Å². The zero-order valence-electron chi connectivity index (χ0n) is 9.18. The molecule has 0 aliphatic carbocycles. The monoisotopic (exact) mass is 346 g/mol. The molecular weight excluding hydrogens is 340 g/mol. The van der Waals surface area contributed by atoms with Gasteiger partial charge in [0.25, 0.3) is 15.6 Å². The fourth-order valence-electron chi connectivity index (χ4n) is 1.26. The molecule has 0 spiro atoms. The number of hydrogen-bond acceptors (Lipinski definition) is 5. The summed E-state index contributed by atoms with van der Waals surface area (Å²) in [5, 5.41) is 0. The van der Waals surface area contributed by atoms with Crippen molar-refractivity contribution in [2.75, 3.05) is 4.72 Å². The van der Waals surface area contributed by atoms with E-state index in [4.69, 9.17) is 0 Å². The van der Waals surface area contributed by atoms with Crippen molar-refractivity contribution in [3.63, 3.8) is 0 Å². The predicted octanol–water partition coefficient (Wildman–Crippen LogP) is 0.0215. The Morgan fingerprint density at radius 3 is 2.68 bits per heavy atom. The number of hydrogen-bond donors (Lipinski definition) is 3. The molecular formula is C9H7BrN4O4S. The van der Waals surface area contributed by atoms with Gasteiger partial charge in [-0.3, -0.25) is 14.5 Å². The minimum Gasteiger partial charge on any atom is -0.313 e. The first-order chi connectivity index (χ1) is 8.90. The Labute approximate surface area is 115 Å². The van der Waals surface area contributed by atoms with Crippen molar-refractivity contribution in [1.82, 2.24) is 15.0 Å². The summed E-state index contributed by atoms with van der Waals surface area (Å²) in [6.45, 7) is 0. The van der Waals surface area contributed by atoms with Crippen LogP contribution in [0.3, 0.4) is 0 Å². The van der Waals surface area contributed by atoms with Crippen LogP contribution in [0.25, 0.3) is 0 Å². The Morgan fingerprint density at radius 1 is 1.32 bits per heavy atom. The van der Waals surface area contributed by atoms with Crippen LogP contribution in [0.4, 0.5) is 5.69 Å². The van der Waals surface area contributed by atoms with Crippen molar-refractivity contribution in [3.8, 4) is 0 Å². The summed E-state index contributed by atoms with van der Waals surface area (Å²) in [5.74, 6) is 0. The van der Waals surface area contributed by atoms with Crippen LogP contribution in [0.1, 0.15) is 0 Å². The topological polar surface area (TPSA) is 125 Å². The van der Waals surface area contributed by atoms with E-state index in [2.05, 4.69) is 30.6 Å². The van der Waals surface area contributed by atoms with Crippen molar-refractivity contribution in [1.29, 1.82) is 0 Å². The average Bonchev–Trinajstić information content (AvgIpc) is 2.31. The van der Waals surface area contributed by atoms with Crippen LogP contribution in [-0.4, -0.2) is 23.4 Å². The highest BCUT2D eigenvalue weighted by Gasteiger charge is 2.20. The van der Waals surface area contributed by atoms with Crippen molar-refractivity contribution in [2.24, 2.45) is 0 Å². The zero-order chi connectivity index (χ0) is 14.0. The summed E-state index contributed by atoms with van der Waals surface area (Å²) in [6.07, 6.45) is 2.29. The molecule has 0 atom stereocenters. The van der Waals surface area contributed by atoms with E-state index in [0.29, 0.717) is 0 Å². The van der Waals surface area contributed by atoms with E-state index in [-0.39, 0.29) is 10.3 Å². The molecule has 19 heavy (non-hydrogen) atoms. The van der Waals surface area contributed by atoms with Crippen LogP contribution in [0.2, 0.25) is 0 Å². The van der Waals surface area contributed by atoms with Crippen molar-refractivity contribution >= 4 is 31.6 Å². The molecule has 0 fully saturated rings. The van der Waals surface area contributed by atoms with Crippen LogP contribution < -0.4 is 16.0 Å². The number of aromatic amines is 2. The van der Waals surface area contributed by atoms with E-state index in [1.165, 1.54) is 18.3 Å². The maximum atomic E-state index is 12.0. The standard InChI is InChI=1S/C9H7BrN4O4S/c10-7-5(2-1-3-11-7)14-19(17,18)6-4-12-9(16)13-8(6)15/h1-4,14H,(H2,12,13,15,16). The molecule has 2 aromatic heterocycles. The number of anilines is 1. The third-order valence-corrected chi connectivity index (χ3v) is 4.08. The first-order valence-electron chi connectivity index (χ1n) is 4.85. The highest BCUT2D eigenvalue weighted by atomic mass is 79.9. The van der Waals surface area contributed by atoms with Crippen LogP contribution in [0, 0.1) is 0 Å². The minimum absolute atomic E-state index is 0.174. The Kier molecular flexibility index (Phi) is 3.53. The largest absolute Gasteiger partial charge is 0.325 e. The van der Waals surface area contributed by atoms with Crippen LogP contribution in [0.15, 0.2) is 43.6 Å². The fourth-order valence-corrected chi connectivity index (χ4v) is 2.81. The van der Waals surface area contributed by atoms with Gasteiger partial charge in [0.2, 0.25) is 0 Å². The number of aromatic nitrogens is 3. The van der Waals surface area contributed by atoms with Gasteiger partial charge < -0.3 is 4.98 Å². The second-order valence-corrected chi connectivity index (χ2v) is 5.79. The summed E-state index contributed by atoms with van der Waals surface area (Å²) in [5.41, 5.74) is -1.61. The Morgan fingerprint density at radius 2 is 2.05 bits per heavy atom. The summed E-state index contributed by atoms with van der Waals surface area (Å²) in [4.78, 5) is 29.4. The second-order valence-electron chi connectivity index (χ2n) is 3.38. The highest BCUT2D eigenvalue weighted by molar-refractivity contribution is 9.10. The second kappa shape index (κ2) is 4.97. The molecule has 8 nitrogen and oxygen atoms in total. The molecule has 0 unspecified atom stereocenters. The van der Waals surface area contributed by atoms with Gasteiger partial charge in [0, 0.05) is 12.4 Å². The fraction of sp³-hybridized carbons (Fsp3) is 0. The van der Waals surface area contributed by atoms with Crippen LogP contribution in [0.5, 0.6) is 0 Å². The third kappa shape index (κ3) is 2.90. The van der Waals surface area contributed by atoms with E-state index in [0.717, 1.165) is 6.20 Å². The molecule has 100 valence electrons. The lowest BCUT2D eigenvalue weighted by molar-refractivity contribution is 0.599. The first kappa shape index (κ1) is 13.5. The predicted molar refractivity (Wildman–Crippen MR) is 70.4 cm³/mol. The molecule has 0 aromatic carbocycles. The van der Waals surface area contributed by atoms with Gasteiger partial charge >= 0.3 is 5.69 Å². The van der Waals surface area contributed by atoms with Gasteiger partial charge in [-0.1, -0.05) is 0 Å². The summed E-state index contributed by atoms with van der Waals surface area (Å²) < 4.78 is 26.4. The van der Waals surface area contributed by atoms with E-state index < -0.39 is 26.2 Å². The molecule has 2 rings (SSSR count). The maximum Gasteiger partial charge on any atom is 0.325 e. The zero-order valence-corrected chi connectivity index (χ0v) is 11.6. The summed E-state index contributed by atoms with van der Waals surface area (Å²) in [6, 6.07) is 2.99. The molecule has 2 heterocycles. The summed E-state index contributed by atoms with van der Waals surface area (Å²) in [7, 11) is -4.12. The molecule has 0 bridgehead atoms. The van der Waals surface area contributed by atoms with Gasteiger partial charge in [-0.05, 0) is 28.1 Å². The number of halogens is 1. The number of H-pyrrole nitrogens is 2. The smallest absolute Gasteiger partial charge is 0.313 e. The van der Waals surface area contributed by atoms with E-state index in [9.17, 15) is 18.0 Å². The first-order valence-corrected chi connectivity index (χ1v) is 7.13. The van der Waals surface area contributed by atoms with Gasteiger partial charge in [-0.2, -0.15) is 0 Å². The summed E-state index contributed by atoms with van der Waals surface area (Å²) >= 11 is 3.07. The van der Waals surface area contributed by atoms with Crippen molar-refractivity contribution in [2.45, 2.75) is 4.90 Å². The lowest BCUT2D eigenvalue weighted by Gasteiger charge is -2.07. The van der Waals surface area contributed by atoms with Crippen molar-refractivity contribution in [3.05, 3.63) is 50.0 Å². The molecule has 0 aliphatic heterocycles. The van der Waals surface area contributed by atoms with E-state index in [1.807, 2.05) is 4.98 Å². The van der Waals surface area contributed by atoms with Crippen LogP contribution in [-0.2, 0) is 10.0 Å². The van der Waals surface area contributed by atoms with Gasteiger partial charge in [-0.15, -0.1) is 0 Å². The molecule has 10 heteroatoms. The number of rotatable bonds is 3. The molecule has 0 radical (unpaired) electrons. The number of pyridine rings is 1. The van der Waals surface area contributed by atoms with Gasteiger partial charge in [0.15, 0.2) is 4.90 Å². The normalized spacial score (nSPS) is 11.2. The Balaban J connectivity index is 2.47. The number of sulfonamides is 1. The van der Waals surface area contributed by atoms with E-state index >= 15 is 0 Å². The van der Waals surface area contributed by atoms with Crippen molar-refractivity contribution < 1.29 is 8.42 Å². The quantitative estimate of drug-likeness (QED) is 0.675. The Bertz CT molecular complexity index is 826. The molecule has 0 saturated heterocycles. The number of nitrogens with zero attached hydrogens (tertiary/aromatic N) is 1. The number of nitrogens with one attached hydrogen (secondary N) is 3. The maximum absolute atomic E-state index is 12.0. The highest BCUT2D eigenvalue weighted by Crippen LogP contribution is 2.20. The van der Waals surface area contributed by atoms with Crippen LogP contribution >= 0.6 is 15.9 Å². The molecule has 3 N–H and O–H groups in total.